The number of nitrogens with one attached hydrogen (secondary N) is 2. The summed E-state index contributed by atoms with van der Waals surface area (Å²) in [6.45, 7) is 13.8. The lowest BCUT2D eigenvalue weighted by atomic mass is 9.88. The number of amides is 2. The molecule has 0 rings (SSSR count). The van der Waals surface area contributed by atoms with Crippen molar-refractivity contribution in [3.8, 4) is 0 Å². The maximum absolute atomic E-state index is 12.1. The van der Waals surface area contributed by atoms with Crippen LogP contribution in [0.15, 0.2) is 0 Å². The quantitative estimate of drug-likeness (QED) is 0.545. The van der Waals surface area contributed by atoms with Gasteiger partial charge in [-0.2, -0.15) is 0 Å². The van der Waals surface area contributed by atoms with Crippen molar-refractivity contribution in [3.05, 3.63) is 0 Å². The summed E-state index contributed by atoms with van der Waals surface area (Å²) in [5, 5.41) is 25.3. The van der Waals surface area contributed by atoms with Crippen LogP contribution in [0.5, 0.6) is 0 Å². The van der Waals surface area contributed by atoms with Crippen LogP contribution in [0.2, 0.25) is 0 Å². The third-order valence-electron chi connectivity index (χ3n) is 3.63. The predicted molar refractivity (Wildman–Crippen MR) is 86.1 cm³/mol. The summed E-state index contributed by atoms with van der Waals surface area (Å²) < 4.78 is 0. The maximum atomic E-state index is 12.1. The highest BCUT2D eigenvalue weighted by Crippen LogP contribution is 2.18. The monoisotopic (exact) mass is 316 g/mol. The Kier molecular flexibility index (Phi) is 7.03. The van der Waals surface area contributed by atoms with E-state index in [1.807, 2.05) is 27.7 Å². The summed E-state index contributed by atoms with van der Waals surface area (Å²) in [6, 6.07) is -1.10. The van der Waals surface area contributed by atoms with E-state index in [4.69, 9.17) is 0 Å². The fourth-order valence-electron chi connectivity index (χ4n) is 2.73. The van der Waals surface area contributed by atoms with Crippen LogP contribution in [-0.4, -0.2) is 45.3 Å². The van der Waals surface area contributed by atoms with Crippen molar-refractivity contribution in [2.75, 3.05) is 0 Å². The van der Waals surface area contributed by atoms with Gasteiger partial charge >= 0.3 is 11.8 Å². The summed E-state index contributed by atoms with van der Waals surface area (Å²) in [6.07, 6.45) is 0. The molecule has 0 saturated heterocycles. The maximum Gasteiger partial charge on any atom is 0.309 e. The molecule has 0 aromatic rings. The summed E-state index contributed by atoms with van der Waals surface area (Å²) in [7, 11) is 0. The highest BCUT2D eigenvalue weighted by molar-refractivity contribution is 6.35. The van der Waals surface area contributed by atoms with E-state index < -0.39 is 35.1 Å². The molecule has 22 heavy (non-hydrogen) atoms. The van der Waals surface area contributed by atoms with Gasteiger partial charge < -0.3 is 20.8 Å². The van der Waals surface area contributed by atoms with Gasteiger partial charge in [0.25, 0.3) is 0 Å². The van der Waals surface area contributed by atoms with Gasteiger partial charge in [-0.25, -0.2) is 0 Å². The molecule has 0 heterocycles. The van der Waals surface area contributed by atoms with E-state index >= 15 is 0 Å². The van der Waals surface area contributed by atoms with Crippen LogP contribution < -0.4 is 10.6 Å². The second-order valence-electron chi connectivity index (χ2n) is 7.70. The SMILES string of the molecule is CC(C)[C@@H](NC(=O)C(=O)N[C@H](C(C)C)C(C)(C)O)C(C)(C)O. The third kappa shape index (κ3) is 6.32. The molecule has 0 spiro atoms. The Morgan fingerprint density at radius 1 is 0.727 bits per heavy atom. The van der Waals surface area contributed by atoms with Crippen molar-refractivity contribution in [1.29, 1.82) is 0 Å². The van der Waals surface area contributed by atoms with E-state index in [1.54, 1.807) is 27.7 Å². The number of aliphatic hydroxyl groups is 2. The second kappa shape index (κ2) is 7.42. The molecule has 0 aliphatic carbocycles. The zero-order valence-corrected chi connectivity index (χ0v) is 15.0. The van der Waals surface area contributed by atoms with Crippen LogP contribution in [0.4, 0.5) is 0 Å². The Morgan fingerprint density at radius 3 is 1.09 bits per heavy atom. The van der Waals surface area contributed by atoms with Crippen molar-refractivity contribution >= 4 is 11.8 Å². The first kappa shape index (κ1) is 20.9. The molecule has 2 atom stereocenters. The molecular weight excluding hydrogens is 284 g/mol. The minimum atomic E-state index is -1.14. The van der Waals surface area contributed by atoms with Crippen molar-refractivity contribution in [1.82, 2.24) is 10.6 Å². The van der Waals surface area contributed by atoms with Gasteiger partial charge in [0.15, 0.2) is 0 Å². The number of hydrogen-bond acceptors (Lipinski definition) is 4. The van der Waals surface area contributed by atoms with Gasteiger partial charge in [0, 0.05) is 0 Å². The van der Waals surface area contributed by atoms with Crippen LogP contribution in [0.25, 0.3) is 0 Å². The van der Waals surface area contributed by atoms with Crippen molar-refractivity contribution < 1.29 is 19.8 Å². The molecule has 0 fully saturated rings. The van der Waals surface area contributed by atoms with E-state index in [0.717, 1.165) is 0 Å². The third-order valence-corrected chi connectivity index (χ3v) is 3.63. The molecule has 0 aliphatic heterocycles. The van der Waals surface area contributed by atoms with Crippen LogP contribution >= 0.6 is 0 Å². The molecule has 6 heteroatoms. The van der Waals surface area contributed by atoms with Crippen LogP contribution in [-0.2, 0) is 9.59 Å². The molecule has 0 aliphatic rings. The van der Waals surface area contributed by atoms with Gasteiger partial charge in [0.1, 0.15) is 0 Å². The molecule has 0 saturated carbocycles. The highest BCUT2D eigenvalue weighted by atomic mass is 16.3. The number of rotatable bonds is 6. The van der Waals surface area contributed by atoms with Crippen molar-refractivity contribution in [2.45, 2.75) is 78.7 Å². The fraction of sp³-hybridized carbons (Fsp3) is 0.875. The lowest BCUT2D eigenvalue weighted by Gasteiger charge is -2.35. The second-order valence-corrected chi connectivity index (χ2v) is 7.70. The first-order chi connectivity index (χ1) is 9.67. The Hall–Kier alpha value is -1.14. The van der Waals surface area contributed by atoms with Gasteiger partial charge in [-0.1, -0.05) is 27.7 Å². The van der Waals surface area contributed by atoms with E-state index in [-0.39, 0.29) is 11.8 Å². The summed E-state index contributed by atoms with van der Waals surface area (Å²) in [4.78, 5) is 24.1. The zero-order chi connectivity index (χ0) is 17.9. The minimum Gasteiger partial charge on any atom is -0.388 e. The van der Waals surface area contributed by atoms with Gasteiger partial charge in [0.05, 0.1) is 23.3 Å². The molecule has 0 unspecified atom stereocenters. The first-order valence-corrected chi connectivity index (χ1v) is 7.74. The van der Waals surface area contributed by atoms with Crippen LogP contribution in [0.1, 0.15) is 55.4 Å². The molecule has 2 amide bonds. The molecular formula is C16H32N2O4. The molecule has 6 nitrogen and oxygen atoms in total. The van der Waals surface area contributed by atoms with Crippen LogP contribution in [0.3, 0.4) is 0 Å². The van der Waals surface area contributed by atoms with Gasteiger partial charge in [-0.05, 0) is 39.5 Å². The Labute approximate surface area is 133 Å². The lowest BCUT2D eigenvalue weighted by molar-refractivity contribution is -0.142. The predicted octanol–water partition coefficient (Wildman–Crippen LogP) is 0.810. The van der Waals surface area contributed by atoms with E-state index in [1.165, 1.54) is 0 Å². The number of hydrogen-bond donors (Lipinski definition) is 4. The number of carbonyl (C=O) groups is 2. The van der Waals surface area contributed by atoms with E-state index in [0.29, 0.717) is 0 Å². The van der Waals surface area contributed by atoms with Crippen LogP contribution in [0, 0.1) is 11.8 Å². The lowest BCUT2D eigenvalue weighted by Crippen LogP contribution is -2.59. The van der Waals surface area contributed by atoms with Gasteiger partial charge in [0.2, 0.25) is 0 Å². The minimum absolute atomic E-state index is 0.0353. The van der Waals surface area contributed by atoms with Crippen molar-refractivity contribution in [2.24, 2.45) is 11.8 Å². The van der Waals surface area contributed by atoms with E-state index in [2.05, 4.69) is 10.6 Å². The first-order valence-electron chi connectivity index (χ1n) is 7.74. The standard InChI is InChI=1S/C16H32N2O4/c1-9(2)11(15(5,6)21)17-13(19)14(20)18-12(10(3)4)16(7,8)22/h9-12,21-22H,1-8H3,(H,17,19)(H,18,20)/t11-,12-/m1/s1. The molecule has 0 aromatic carbocycles. The highest BCUT2D eigenvalue weighted by Gasteiger charge is 2.35. The Balaban J connectivity index is 4.97. The summed E-state index contributed by atoms with van der Waals surface area (Å²) in [5.74, 6) is -1.69. The normalized spacial score (nSPS) is 15.6. The van der Waals surface area contributed by atoms with Crippen molar-refractivity contribution in [3.63, 3.8) is 0 Å². The summed E-state index contributed by atoms with van der Waals surface area (Å²) >= 11 is 0. The van der Waals surface area contributed by atoms with E-state index in [9.17, 15) is 19.8 Å². The topological polar surface area (TPSA) is 98.7 Å². The van der Waals surface area contributed by atoms with Gasteiger partial charge in [-0.15, -0.1) is 0 Å². The zero-order valence-electron chi connectivity index (χ0n) is 15.0. The molecule has 4 N–H and O–H groups in total. The largest absolute Gasteiger partial charge is 0.388 e. The Morgan fingerprint density at radius 2 is 0.955 bits per heavy atom. The average molecular weight is 316 g/mol. The molecule has 0 bridgehead atoms. The Bertz CT molecular complexity index is 354. The van der Waals surface area contributed by atoms with Gasteiger partial charge in [-0.3, -0.25) is 9.59 Å². The molecule has 0 aromatic heterocycles. The average Bonchev–Trinajstić information content (AvgIpc) is 2.28. The number of carbonyl (C=O) groups excluding carboxylic acids is 2. The fourth-order valence-corrected chi connectivity index (χ4v) is 2.73. The summed E-state index contributed by atoms with van der Waals surface area (Å²) in [5.41, 5.74) is -2.28. The molecule has 130 valence electrons. The smallest absolute Gasteiger partial charge is 0.309 e. The molecule has 0 radical (unpaired) electrons.